The standard InChI is InChI=1S/C14H14O3/c15-11-3-1-2-10(13(16)8-4-5-8)12(11)14(17)9-6-7-9/h1-3,8-9,15H,4-7H2. The molecular weight excluding hydrogens is 216 g/mol. The van der Waals surface area contributed by atoms with Crippen LogP contribution in [0.3, 0.4) is 0 Å². The summed E-state index contributed by atoms with van der Waals surface area (Å²) < 4.78 is 0. The highest BCUT2D eigenvalue weighted by Crippen LogP contribution is 2.39. The van der Waals surface area contributed by atoms with Gasteiger partial charge < -0.3 is 5.11 Å². The average Bonchev–Trinajstić information content (AvgIpc) is 3.19. The van der Waals surface area contributed by atoms with Crippen LogP contribution in [0.15, 0.2) is 18.2 Å². The first-order valence-corrected chi connectivity index (χ1v) is 6.09. The molecule has 2 saturated carbocycles. The van der Waals surface area contributed by atoms with Crippen LogP contribution in [-0.2, 0) is 0 Å². The van der Waals surface area contributed by atoms with Gasteiger partial charge in [0.1, 0.15) is 5.75 Å². The molecule has 0 saturated heterocycles. The maximum atomic E-state index is 12.1. The number of rotatable bonds is 4. The maximum absolute atomic E-state index is 12.1. The molecule has 3 heteroatoms. The summed E-state index contributed by atoms with van der Waals surface area (Å²) in [6, 6.07) is 4.78. The van der Waals surface area contributed by atoms with Gasteiger partial charge in [0, 0.05) is 17.4 Å². The van der Waals surface area contributed by atoms with Crippen LogP contribution in [0.1, 0.15) is 46.4 Å². The highest BCUT2D eigenvalue weighted by molar-refractivity contribution is 6.12. The molecule has 3 rings (SSSR count). The number of phenolic OH excluding ortho intramolecular Hbond substituents is 1. The monoisotopic (exact) mass is 230 g/mol. The molecule has 17 heavy (non-hydrogen) atoms. The summed E-state index contributed by atoms with van der Waals surface area (Å²) in [6.07, 6.45) is 3.57. The van der Waals surface area contributed by atoms with Gasteiger partial charge in [-0.2, -0.15) is 0 Å². The third-order valence-electron chi connectivity index (χ3n) is 3.45. The summed E-state index contributed by atoms with van der Waals surface area (Å²) in [5.41, 5.74) is 0.677. The van der Waals surface area contributed by atoms with Gasteiger partial charge in [0.05, 0.1) is 5.56 Å². The van der Waals surface area contributed by atoms with E-state index in [4.69, 9.17) is 0 Å². The van der Waals surface area contributed by atoms with Crippen LogP contribution in [0.25, 0.3) is 0 Å². The van der Waals surface area contributed by atoms with Crippen molar-refractivity contribution in [3.8, 4) is 5.75 Å². The minimum atomic E-state index is -0.0629. The highest BCUT2D eigenvalue weighted by atomic mass is 16.3. The van der Waals surface area contributed by atoms with Crippen molar-refractivity contribution < 1.29 is 14.7 Å². The average molecular weight is 230 g/mol. The Balaban J connectivity index is 2.03. The van der Waals surface area contributed by atoms with Crippen molar-refractivity contribution in [2.24, 2.45) is 11.8 Å². The summed E-state index contributed by atoms with van der Waals surface area (Å²) in [5.74, 6) is 0.00186. The lowest BCUT2D eigenvalue weighted by atomic mass is 9.95. The first-order chi connectivity index (χ1) is 8.18. The van der Waals surface area contributed by atoms with E-state index < -0.39 is 0 Å². The number of ketones is 2. The Hall–Kier alpha value is -1.64. The van der Waals surface area contributed by atoms with Crippen LogP contribution in [-0.4, -0.2) is 16.7 Å². The third-order valence-corrected chi connectivity index (χ3v) is 3.45. The molecule has 1 aromatic carbocycles. The number of hydrogen-bond acceptors (Lipinski definition) is 3. The number of hydrogen-bond donors (Lipinski definition) is 1. The molecule has 2 fully saturated rings. The van der Waals surface area contributed by atoms with Gasteiger partial charge in [0.25, 0.3) is 0 Å². The van der Waals surface area contributed by atoms with Gasteiger partial charge in [-0.05, 0) is 31.7 Å². The Morgan fingerprint density at radius 2 is 1.59 bits per heavy atom. The topological polar surface area (TPSA) is 54.4 Å². The van der Waals surface area contributed by atoms with Crippen molar-refractivity contribution >= 4 is 11.6 Å². The quantitative estimate of drug-likeness (QED) is 0.809. The minimum Gasteiger partial charge on any atom is -0.507 e. The lowest BCUT2D eigenvalue weighted by Crippen LogP contribution is -2.12. The molecule has 0 heterocycles. The van der Waals surface area contributed by atoms with Crippen molar-refractivity contribution in [1.29, 1.82) is 0 Å². The fourth-order valence-corrected chi connectivity index (χ4v) is 2.12. The molecule has 0 spiro atoms. The molecule has 0 radical (unpaired) electrons. The van der Waals surface area contributed by atoms with Crippen LogP contribution in [0.5, 0.6) is 5.75 Å². The second-order valence-electron chi connectivity index (χ2n) is 4.98. The molecule has 0 atom stereocenters. The van der Waals surface area contributed by atoms with Gasteiger partial charge in [0.15, 0.2) is 11.6 Å². The number of phenols is 1. The lowest BCUT2D eigenvalue weighted by Gasteiger charge is -2.08. The first-order valence-electron chi connectivity index (χ1n) is 6.09. The molecular formula is C14H14O3. The zero-order chi connectivity index (χ0) is 12.0. The first kappa shape index (κ1) is 10.5. The fourth-order valence-electron chi connectivity index (χ4n) is 2.12. The summed E-state index contributed by atoms with van der Waals surface area (Å²) >= 11 is 0. The summed E-state index contributed by atoms with van der Waals surface area (Å²) in [7, 11) is 0. The molecule has 2 aliphatic carbocycles. The summed E-state index contributed by atoms with van der Waals surface area (Å²) in [6.45, 7) is 0. The fraction of sp³-hybridized carbons (Fsp3) is 0.429. The smallest absolute Gasteiger partial charge is 0.170 e. The van der Waals surface area contributed by atoms with E-state index in [1.807, 2.05) is 0 Å². The van der Waals surface area contributed by atoms with Crippen LogP contribution < -0.4 is 0 Å². The second-order valence-corrected chi connectivity index (χ2v) is 4.98. The lowest BCUT2D eigenvalue weighted by molar-refractivity contribution is 0.0932. The van der Waals surface area contributed by atoms with E-state index in [1.165, 1.54) is 6.07 Å². The molecule has 2 aliphatic rings. The van der Waals surface area contributed by atoms with E-state index in [0.29, 0.717) is 5.56 Å². The van der Waals surface area contributed by atoms with Crippen molar-refractivity contribution in [1.82, 2.24) is 0 Å². The van der Waals surface area contributed by atoms with Gasteiger partial charge >= 0.3 is 0 Å². The van der Waals surface area contributed by atoms with Crippen LogP contribution in [0, 0.1) is 11.8 Å². The molecule has 0 aliphatic heterocycles. The van der Waals surface area contributed by atoms with E-state index in [0.717, 1.165) is 25.7 Å². The van der Waals surface area contributed by atoms with Crippen LogP contribution in [0.4, 0.5) is 0 Å². The Bertz CT molecular complexity index is 496. The van der Waals surface area contributed by atoms with E-state index in [1.54, 1.807) is 12.1 Å². The zero-order valence-electron chi connectivity index (χ0n) is 9.48. The predicted octanol–water partition coefficient (Wildman–Crippen LogP) is 2.58. The molecule has 1 N–H and O–H groups in total. The van der Waals surface area contributed by atoms with Gasteiger partial charge in [-0.25, -0.2) is 0 Å². The number of carbonyl (C=O) groups excluding carboxylic acids is 2. The number of carbonyl (C=O) groups is 2. The molecule has 0 aromatic heterocycles. The Morgan fingerprint density at radius 3 is 2.18 bits per heavy atom. The van der Waals surface area contributed by atoms with Crippen molar-refractivity contribution in [3.05, 3.63) is 29.3 Å². The summed E-state index contributed by atoms with van der Waals surface area (Å²) in [5, 5.41) is 9.82. The largest absolute Gasteiger partial charge is 0.507 e. The van der Waals surface area contributed by atoms with Crippen molar-refractivity contribution in [2.45, 2.75) is 25.7 Å². The maximum Gasteiger partial charge on any atom is 0.170 e. The molecule has 0 amide bonds. The van der Waals surface area contributed by atoms with E-state index >= 15 is 0 Å². The number of benzene rings is 1. The SMILES string of the molecule is O=C(c1cccc(O)c1C(=O)C1CC1)C1CC1. The number of aromatic hydroxyl groups is 1. The van der Waals surface area contributed by atoms with Crippen molar-refractivity contribution in [2.75, 3.05) is 0 Å². The van der Waals surface area contributed by atoms with Gasteiger partial charge in [-0.1, -0.05) is 12.1 Å². The molecule has 1 aromatic rings. The molecule has 3 nitrogen and oxygen atoms in total. The molecule has 88 valence electrons. The van der Waals surface area contributed by atoms with Crippen LogP contribution in [0.2, 0.25) is 0 Å². The minimum absolute atomic E-state index is 0.0184. The van der Waals surface area contributed by atoms with E-state index in [-0.39, 0.29) is 34.7 Å². The highest BCUT2D eigenvalue weighted by Gasteiger charge is 2.37. The summed E-state index contributed by atoms with van der Waals surface area (Å²) in [4.78, 5) is 24.1. The van der Waals surface area contributed by atoms with Crippen LogP contribution >= 0.6 is 0 Å². The number of Topliss-reactive ketones (excluding diaryl/α,β-unsaturated/α-hetero) is 2. The second kappa shape index (κ2) is 3.69. The van der Waals surface area contributed by atoms with Gasteiger partial charge in [-0.3, -0.25) is 9.59 Å². The van der Waals surface area contributed by atoms with Gasteiger partial charge in [0.2, 0.25) is 0 Å². The zero-order valence-corrected chi connectivity index (χ0v) is 9.48. The Kier molecular flexibility index (Phi) is 2.28. The van der Waals surface area contributed by atoms with Gasteiger partial charge in [-0.15, -0.1) is 0 Å². The predicted molar refractivity (Wildman–Crippen MR) is 62.2 cm³/mol. The van der Waals surface area contributed by atoms with E-state index in [9.17, 15) is 14.7 Å². The third kappa shape index (κ3) is 1.86. The Morgan fingerprint density at radius 1 is 1.00 bits per heavy atom. The Labute approximate surface area is 99.5 Å². The normalized spacial score (nSPS) is 19.1. The molecule has 0 bridgehead atoms. The van der Waals surface area contributed by atoms with Crippen molar-refractivity contribution in [3.63, 3.8) is 0 Å². The van der Waals surface area contributed by atoms with E-state index in [2.05, 4.69) is 0 Å². The molecule has 0 unspecified atom stereocenters.